The van der Waals surface area contributed by atoms with Crippen LogP contribution in [0.1, 0.15) is 56.5 Å². The van der Waals surface area contributed by atoms with Gasteiger partial charge in [-0.25, -0.2) is 18.1 Å². The zero-order valence-corrected chi connectivity index (χ0v) is 17.9. The zero-order valence-electron chi connectivity index (χ0n) is 17.1. The number of sulfonamides is 1. The largest absolute Gasteiger partial charge is 0.359 e. The Morgan fingerprint density at radius 1 is 1.24 bits per heavy atom. The van der Waals surface area contributed by atoms with Crippen LogP contribution in [0.2, 0.25) is 0 Å². The number of rotatable bonds is 9. The quantitative estimate of drug-likeness (QED) is 0.426. The minimum atomic E-state index is -3.42. The minimum Gasteiger partial charge on any atom is -0.359 e. The predicted molar refractivity (Wildman–Crippen MR) is 112 cm³/mol. The molecule has 1 aromatic carbocycles. The van der Waals surface area contributed by atoms with Gasteiger partial charge >= 0.3 is 0 Å². The lowest BCUT2D eigenvalue weighted by Crippen LogP contribution is -2.36. The Morgan fingerprint density at radius 3 is 2.55 bits per heavy atom. The topological polar surface area (TPSA) is 109 Å². The molecular weight excluding hydrogens is 390 g/mol. The lowest BCUT2D eigenvalue weighted by molar-refractivity contribution is 0.372. The molecule has 0 bridgehead atoms. The number of nitrogens with zero attached hydrogens (tertiary/aromatic N) is 2. The van der Waals surface area contributed by atoms with Crippen LogP contribution in [0.15, 0.2) is 44.7 Å². The van der Waals surface area contributed by atoms with Crippen LogP contribution in [0.3, 0.4) is 0 Å². The van der Waals surface area contributed by atoms with Gasteiger partial charge in [0.2, 0.25) is 10.0 Å². The van der Waals surface area contributed by atoms with Gasteiger partial charge in [0, 0.05) is 18.7 Å². The van der Waals surface area contributed by atoms with Crippen LogP contribution in [0.4, 0.5) is 0 Å². The molecule has 3 rings (SSSR count). The van der Waals surface area contributed by atoms with Crippen LogP contribution >= 0.6 is 0 Å². The molecule has 0 atom stereocenters. The van der Waals surface area contributed by atoms with Gasteiger partial charge in [-0.1, -0.05) is 31.1 Å². The van der Waals surface area contributed by atoms with E-state index in [0.717, 1.165) is 36.4 Å². The highest BCUT2D eigenvalue weighted by molar-refractivity contribution is 7.89. The summed E-state index contributed by atoms with van der Waals surface area (Å²) < 4.78 is 32.5. The van der Waals surface area contributed by atoms with Gasteiger partial charge in [-0.05, 0) is 43.4 Å². The normalized spacial score (nSPS) is 15.0. The summed E-state index contributed by atoms with van der Waals surface area (Å²) in [6.45, 7) is 7.77. The van der Waals surface area contributed by atoms with Crippen LogP contribution in [-0.2, 0) is 23.1 Å². The monoisotopic (exact) mass is 419 g/mol. The van der Waals surface area contributed by atoms with Crippen molar-refractivity contribution >= 4 is 16.0 Å². The third kappa shape index (κ3) is 6.30. The van der Waals surface area contributed by atoms with E-state index in [2.05, 4.69) is 39.4 Å². The second-order valence-electron chi connectivity index (χ2n) is 7.46. The third-order valence-corrected chi connectivity index (χ3v) is 6.03. The highest BCUT2D eigenvalue weighted by Crippen LogP contribution is 2.22. The molecule has 0 spiro atoms. The van der Waals surface area contributed by atoms with Crippen molar-refractivity contribution < 1.29 is 12.9 Å². The number of nitrogens with one attached hydrogen (secondary N) is 3. The van der Waals surface area contributed by atoms with Crippen LogP contribution in [-0.4, -0.2) is 32.1 Å². The summed E-state index contributed by atoms with van der Waals surface area (Å²) in [4.78, 5) is 4.84. The Hall–Kier alpha value is -2.39. The van der Waals surface area contributed by atoms with Crippen molar-refractivity contribution in [2.45, 2.75) is 63.6 Å². The molecule has 0 radical (unpaired) electrons. The van der Waals surface area contributed by atoms with E-state index in [1.807, 2.05) is 13.0 Å². The van der Waals surface area contributed by atoms with Gasteiger partial charge in [0.05, 0.1) is 23.7 Å². The van der Waals surface area contributed by atoms with Crippen LogP contribution < -0.4 is 15.4 Å². The zero-order chi connectivity index (χ0) is 20.9. The summed E-state index contributed by atoms with van der Waals surface area (Å²) in [5.74, 6) is 1.72. The first-order chi connectivity index (χ1) is 13.9. The van der Waals surface area contributed by atoms with Crippen molar-refractivity contribution in [3.63, 3.8) is 0 Å². The minimum absolute atomic E-state index is 0.0963. The van der Waals surface area contributed by atoms with E-state index in [-0.39, 0.29) is 10.9 Å². The highest BCUT2D eigenvalue weighted by atomic mass is 32.2. The molecule has 1 fully saturated rings. The fourth-order valence-electron chi connectivity index (χ4n) is 2.63. The predicted octanol–water partition coefficient (Wildman–Crippen LogP) is 2.49. The Morgan fingerprint density at radius 2 is 1.97 bits per heavy atom. The molecule has 1 aliphatic carbocycles. The first kappa shape index (κ1) is 21.3. The van der Waals surface area contributed by atoms with E-state index in [1.165, 1.54) is 0 Å². The van der Waals surface area contributed by atoms with E-state index in [4.69, 9.17) is 4.52 Å². The molecule has 0 aliphatic heterocycles. The number of hydrogen-bond acceptors (Lipinski definition) is 5. The number of aromatic nitrogens is 1. The SMILES string of the molecule is CCNC(=NCc1ccc(S(=O)(=O)NC2CC2)cc1)NCc1cc(C(C)C)no1. The average Bonchev–Trinajstić information content (AvgIpc) is 3.35. The fourth-order valence-corrected chi connectivity index (χ4v) is 3.93. The first-order valence-corrected chi connectivity index (χ1v) is 11.4. The molecule has 158 valence electrons. The molecule has 1 aromatic heterocycles. The standard InChI is InChI=1S/C20H29N5O3S/c1-4-21-20(23-13-17-11-19(14(2)3)24-28-17)22-12-15-5-9-18(10-6-15)29(26,27)25-16-7-8-16/h5-6,9-11,14,16,25H,4,7-8,12-13H2,1-3H3,(H2,21,22,23). The molecule has 3 N–H and O–H groups in total. The van der Waals surface area contributed by atoms with Gasteiger partial charge in [0.1, 0.15) is 0 Å². The highest BCUT2D eigenvalue weighted by Gasteiger charge is 2.27. The second-order valence-corrected chi connectivity index (χ2v) is 9.18. The second kappa shape index (κ2) is 9.41. The molecule has 1 aliphatic rings. The van der Waals surface area contributed by atoms with E-state index >= 15 is 0 Å². The molecule has 1 heterocycles. The van der Waals surface area contributed by atoms with Crippen molar-refractivity contribution in [1.82, 2.24) is 20.5 Å². The van der Waals surface area contributed by atoms with Gasteiger partial charge in [0.15, 0.2) is 11.7 Å². The number of hydrogen-bond donors (Lipinski definition) is 3. The van der Waals surface area contributed by atoms with Gasteiger partial charge in [-0.3, -0.25) is 0 Å². The third-order valence-electron chi connectivity index (χ3n) is 4.50. The van der Waals surface area contributed by atoms with E-state index in [1.54, 1.807) is 24.3 Å². The van der Waals surface area contributed by atoms with Crippen LogP contribution in [0.25, 0.3) is 0 Å². The summed E-state index contributed by atoms with van der Waals surface area (Å²) in [6, 6.07) is 8.87. The molecule has 2 aromatic rings. The Kier molecular flexibility index (Phi) is 6.92. The maximum absolute atomic E-state index is 12.2. The van der Waals surface area contributed by atoms with Crippen LogP contribution in [0.5, 0.6) is 0 Å². The molecule has 1 saturated carbocycles. The molecule has 29 heavy (non-hydrogen) atoms. The number of guanidine groups is 1. The molecule has 0 saturated heterocycles. The van der Waals surface area contributed by atoms with Gasteiger partial charge in [0.25, 0.3) is 0 Å². The summed E-state index contributed by atoms with van der Waals surface area (Å²) in [5, 5.41) is 10.5. The average molecular weight is 420 g/mol. The van der Waals surface area contributed by atoms with Crippen molar-refractivity contribution in [3.8, 4) is 0 Å². The van der Waals surface area contributed by atoms with E-state index in [9.17, 15) is 8.42 Å². The van der Waals surface area contributed by atoms with Crippen molar-refractivity contribution in [3.05, 3.63) is 47.3 Å². The van der Waals surface area contributed by atoms with Gasteiger partial charge < -0.3 is 15.2 Å². The molecule has 8 nitrogen and oxygen atoms in total. The number of aliphatic imine (C=N–C) groups is 1. The molecule has 0 unspecified atom stereocenters. The molecule has 9 heteroatoms. The molecular formula is C20H29N5O3S. The van der Waals surface area contributed by atoms with Gasteiger partial charge in [-0.2, -0.15) is 0 Å². The lowest BCUT2D eigenvalue weighted by Gasteiger charge is -2.10. The van der Waals surface area contributed by atoms with E-state index in [0.29, 0.717) is 25.0 Å². The summed E-state index contributed by atoms with van der Waals surface area (Å²) in [5.41, 5.74) is 1.85. The van der Waals surface area contributed by atoms with Crippen LogP contribution in [0, 0.1) is 0 Å². The summed E-state index contributed by atoms with van der Waals surface area (Å²) in [6.07, 6.45) is 1.83. The fraction of sp³-hybridized carbons (Fsp3) is 0.500. The molecule has 0 amide bonds. The lowest BCUT2D eigenvalue weighted by atomic mass is 10.1. The van der Waals surface area contributed by atoms with Crippen molar-refractivity contribution in [2.24, 2.45) is 4.99 Å². The smallest absolute Gasteiger partial charge is 0.240 e. The van der Waals surface area contributed by atoms with Crippen molar-refractivity contribution in [1.29, 1.82) is 0 Å². The van der Waals surface area contributed by atoms with Gasteiger partial charge in [-0.15, -0.1) is 0 Å². The Labute approximate surface area is 172 Å². The maximum atomic E-state index is 12.2. The maximum Gasteiger partial charge on any atom is 0.240 e. The summed E-state index contributed by atoms with van der Waals surface area (Å²) >= 11 is 0. The van der Waals surface area contributed by atoms with Crippen molar-refractivity contribution in [2.75, 3.05) is 6.54 Å². The Bertz CT molecular complexity index is 931. The Balaban J connectivity index is 1.58. The number of benzene rings is 1. The first-order valence-electron chi connectivity index (χ1n) is 9.96. The summed E-state index contributed by atoms with van der Waals surface area (Å²) in [7, 11) is -3.42. The van der Waals surface area contributed by atoms with E-state index < -0.39 is 10.0 Å².